The summed E-state index contributed by atoms with van der Waals surface area (Å²) in [5.41, 5.74) is 1.51. The molecular formula is C13H14N4O3S. The summed E-state index contributed by atoms with van der Waals surface area (Å²) in [6, 6.07) is 1.76. The largest absolute Gasteiger partial charge is 0.461 e. The molecule has 1 aliphatic carbocycles. The van der Waals surface area contributed by atoms with Gasteiger partial charge in [-0.15, -0.1) is 11.3 Å². The van der Waals surface area contributed by atoms with Crippen LogP contribution in [0.2, 0.25) is 0 Å². The molecule has 2 heterocycles. The average Bonchev–Trinajstić information content (AvgIpc) is 3.02. The monoisotopic (exact) mass is 306 g/mol. The van der Waals surface area contributed by atoms with Crippen LogP contribution < -0.4 is 5.32 Å². The Morgan fingerprint density at radius 2 is 2.29 bits per heavy atom. The fourth-order valence-corrected chi connectivity index (χ4v) is 2.52. The lowest BCUT2D eigenvalue weighted by atomic mass is 10.2. The molecule has 0 spiro atoms. The van der Waals surface area contributed by atoms with Crippen LogP contribution in [0, 0.1) is 0 Å². The van der Waals surface area contributed by atoms with E-state index in [1.165, 1.54) is 11.3 Å². The number of nitrogens with zero attached hydrogens (tertiary/aromatic N) is 2. The van der Waals surface area contributed by atoms with Gasteiger partial charge in [0.05, 0.1) is 6.61 Å². The van der Waals surface area contributed by atoms with Crippen molar-refractivity contribution >= 4 is 28.3 Å². The molecule has 0 aliphatic heterocycles. The lowest BCUT2D eigenvalue weighted by Crippen LogP contribution is -2.12. The van der Waals surface area contributed by atoms with Crippen molar-refractivity contribution in [3.8, 4) is 0 Å². The first-order valence-corrected chi connectivity index (χ1v) is 7.54. The van der Waals surface area contributed by atoms with E-state index >= 15 is 0 Å². The third-order valence-electron chi connectivity index (χ3n) is 3.06. The maximum Gasteiger partial charge on any atom is 0.357 e. The van der Waals surface area contributed by atoms with Gasteiger partial charge in [0.2, 0.25) is 0 Å². The molecule has 2 aromatic rings. The molecule has 0 bridgehead atoms. The zero-order valence-corrected chi connectivity index (χ0v) is 12.2. The Balaban J connectivity index is 1.65. The minimum atomic E-state index is -0.495. The summed E-state index contributed by atoms with van der Waals surface area (Å²) in [6.45, 7) is 2.01. The van der Waals surface area contributed by atoms with Gasteiger partial charge in [0.1, 0.15) is 0 Å². The molecule has 1 saturated carbocycles. The highest BCUT2D eigenvalue weighted by Gasteiger charge is 2.26. The van der Waals surface area contributed by atoms with Gasteiger partial charge in [-0.25, -0.2) is 9.78 Å². The van der Waals surface area contributed by atoms with Gasteiger partial charge < -0.3 is 4.74 Å². The summed E-state index contributed by atoms with van der Waals surface area (Å²) < 4.78 is 4.84. The van der Waals surface area contributed by atoms with Crippen molar-refractivity contribution < 1.29 is 14.3 Å². The van der Waals surface area contributed by atoms with Crippen LogP contribution in [0.5, 0.6) is 0 Å². The predicted octanol–water partition coefficient (Wildman–Crippen LogP) is 2.17. The quantitative estimate of drug-likeness (QED) is 0.825. The zero-order valence-electron chi connectivity index (χ0n) is 11.4. The number of amides is 1. The minimum Gasteiger partial charge on any atom is -0.461 e. The normalized spacial score (nSPS) is 14.0. The number of thiazole rings is 1. The van der Waals surface area contributed by atoms with Crippen molar-refractivity contribution in [1.29, 1.82) is 0 Å². The van der Waals surface area contributed by atoms with Gasteiger partial charge in [0.25, 0.3) is 5.91 Å². The van der Waals surface area contributed by atoms with Crippen LogP contribution in [-0.2, 0) is 4.74 Å². The number of ether oxygens (including phenoxy) is 1. The fraction of sp³-hybridized carbons (Fsp3) is 0.385. The Morgan fingerprint density at radius 1 is 1.48 bits per heavy atom. The molecule has 0 atom stereocenters. The van der Waals surface area contributed by atoms with E-state index in [1.807, 2.05) is 0 Å². The SMILES string of the molecule is CCOC(=O)c1csc(NC(=O)c2cc(C3CC3)[nH]n2)n1. The van der Waals surface area contributed by atoms with E-state index in [-0.39, 0.29) is 18.2 Å². The third-order valence-corrected chi connectivity index (χ3v) is 3.81. The lowest BCUT2D eigenvalue weighted by Gasteiger charge is -1.98. The number of aromatic amines is 1. The molecule has 1 aliphatic rings. The molecule has 7 nitrogen and oxygen atoms in total. The summed E-state index contributed by atoms with van der Waals surface area (Å²) in [5.74, 6) is -0.331. The number of aromatic nitrogens is 3. The molecule has 3 rings (SSSR count). The van der Waals surface area contributed by atoms with Gasteiger partial charge >= 0.3 is 5.97 Å². The Morgan fingerprint density at radius 3 is 3.00 bits per heavy atom. The van der Waals surface area contributed by atoms with Crippen molar-refractivity contribution in [2.45, 2.75) is 25.7 Å². The fourth-order valence-electron chi connectivity index (χ4n) is 1.85. The van der Waals surface area contributed by atoms with Gasteiger partial charge in [-0.2, -0.15) is 5.10 Å². The number of esters is 1. The number of anilines is 1. The Hall–Kier alpha value is -2.22. The number of hydrogen-bond donors (Lipinski definition) is 2. The van der Waals surface area contributed by atoms with Crippen LogP contribution in [0.25, 0.3) is 0 Å². The van der Waals surface area contributed by atoms with E-state index in [9.17, 15) is 9.59 Å². The van der Waals surface area contributed by atoms with E-state index in [2.05, 4.69) is 20.5 Å². The van der Waals surface area contributed by atoms with E-state index < -0.39 is 5.97 Å². The minimum absolute atomic E-state index is 0.192. The molecule has 2 aromatic heterocycles. The average molecular weight is 306 g/mol. The zero-order chi connectivity index (χ0) is 14.8. The van der Waals surface area contributed by atoms with Crippen molar-refractivity contribution in [3.05, 3.63) is 28.5 Å². The van der Waals surface area contributed by atoms with Gasteiger partial charge in [-0.1, -0.05) is 0 Å². The standard InChI is InChI=1S/C13H14N4O3S/c1-2-20-12(19)10-6-21-13(14-10)15-11(18)9-5-8(16-17-9)7-3-4-7/h5-7H,2-4H2,1H3,(H,16,17)(H,14,15,18). The summed E-state index contributed by atoms with van der Waals surface area (Å²) in [6.07, 6.45) is 2.28. The number of carbonyl (C=O) groups excluding carboxylic acids is 2. The number of hydrogen-bond acceptors (Lipinski definition) is 6. The highest BCUT2D eigenvalue weighted by atomic mass is 32.1. The second kappa shape index (κ2) is 5.65. The van der Waals surface area contributed by atoms with E-state index in [0.717, 1.165) is 18.5 Å². The summed E-state index contributed by atoms with van der Waals surface area (Å²) in [7, 11) is 0. The molecule has 21 heavy (non-hydrogen) atoms. The second-order valence-corrected chi connectivity index (χ2v) is 5.55. The third kappa shape index (κ3) is 3.10. The highest BCUT2D eigenvalue weighted by molar-refractivity contribution is 7.14. The van der Waals surface area contributed by atoms with Crippen LogP contribution in [0.15, 0.2) is 11.4 Å². The molecule has 1 amide bonds. The highest BCUT2D eigenvalue weighted by Crippen LogP contribution is 2.39. The Labute approximate surface area is 124 Å². The first kappa shape index (κ1) is 13.7. The molecule has 8 heteroatoms. The maximum absolute atomic E-state index is 12.0. The smallest absolute Gasteiger partial charge is 0.357 e. The molecule has 0 saturated heterocycles. The second-order valence-electron chi connectivity index (χ2n) is 4.70. The molecular weight excluding hydrogens is 292 g/mol. The molecule has 1 fully saturated rings. The number of nitrogens with one attached hydrogen (secondary N) is 2. The topological polar surface area (TPSA) is 97.0 Å². The Kier molecular flexibility index (Phi) is 3.70. The molecule has 0 unspecified atom stereocenters. The van der Waals surface area contributed by atoms with E-state index in [1.54, 1.807) is 18.4 Å². The van der Waals surface area contributed by atoms with Gasteiger partial charge in [-0.05, 0) is 25.8 Å². The number of carbonyl (C=O) groups is 2. The first-order valence-electron chi connectivity index (χ1n) is 6.66. The molecule has 2 N–H and O–H groups in total. The van der Waals surface area contributed by atoms with E-state index in [4.69, 9.17) is 4.74 Å². The van der Waals surface area contributed by atoms with Gasteiger partial charge in [-0.3, -0.25) is 15.2 Å². The molecule has 110 valence electrons. The van der Waals surface area contributed by atoms with Crippen LogP contribution in [0.1, 0.15) is 52.4 Å². The first-order chi connectivity index (χ1) is 10.2. The maximum atomic E-state index is 12.0. The number of H-pyrrole nitrogens is 1. The van der Waals surface area contributed by atoms with Crippen molar-refractivity contribution in [2.24, 2.45) is 0 Å². The van der Waals surface area contributed by atoms with Crippen LogP contribution in [0.4, 0.5) is 5.13 Å². The van der Waals surface area contributed by atoms with Gasteiger partial charge in [0, 0.05) is 17.0 Å². The van der Waals surface area contributed by atoms with Crippen LogP contribution in [0.3, 0.4) is 0 Å². The van der Waals surface area contributed by atoms with Crippen LogP contribution in [-0.4, -0.2) is 33.7 Å². The molecule has 0 aromatic carbocycles. The van der Waals surface area contributed by atoms with Crippen molar-refractivity contribution in [3.63, 3.8) is 0 Å². The lowest BCUT2D eigenvalue weighted by molar-refractivity contribution is 0.0520. The predicted molar refractivity (Wildman–Crippen MR) is 76.6 cm³/mol. The summed E-state index contributed by atoms with van der Waals surface area (Å²) >= 11 is 1.17. The number of rotatable bonds is 5. The summed E-state index contributed by atoms with van der Waals surface area (Å²) in [5, 5.41) is 11.4. The molecule has 0 radical (unpaired) electrons. The van der Waals surface area contributed by atoms with Crippen molar-refractivity contribution in [2.75, 3.05) is 11.9 Å². The van der Waals surface area contributed by atoms with Gasteiger partial charge in [0.15, 0.2) is 16.5 Å². The van der Waals surface area contributed by atoms with E-state index in [0.29, 0.717) is 16.7 Å². The Bertz CT molecular complexity index is 675. The summed E-state index contributed by atoms with van der Waals surface area (Å²) in [4.78, 5) is 27.5. The van der Waals surface area contributed by atoms with Crippen LogP contribution >= 0.6 is 11.3 Å². The van der Waals surface area contributed by atoms with Crippen molar-refractivity contribution in [1.82, 2.24) is 15.2 Å².